The van der Waals surface area contributed by atoms with Crippen molar-refractivity contribution in [2.75, 3.05) is 20.3 Å². The Morgan fingerprint density at radius 3 is 3.06 bits per heavy atom. The maximum absolute atomic E-state index is 5.38. The van der Waals surface area contributed by atoms with E-state index >= 15 is 0 Å². The summed E-state index contributed by atoms with van der Waals surface area (Å²) in [5.41, 5.74) is 1.68. The molecule has 2 aromatic heterocycles. The SMILES string of the molecule is COCCNCc1coc(-c2csc(C)n2)n1. The second kappa shape index (κ2) is 5.90. The maximum Gasteiger partial charge on any atom is 0.246 e. The Morgan fingerprint density at radius 2 is 2.35 bits per heavy atom. The molecule has 0 radical (unpaired) electrons. The summed E-state index contributed by atoms with van der Waals surface area (Å²) in [5.74, 6) is 0.581. The number of methoxy groups -OCH3 is 1. The van der Waals surface area contributed by atoms with Crippen molar-refractivity contribution in [3.8, 4) is 11.6 Å². The van der Waals surface area contributed by atoms with Crippen LogP contribution >= 0.6 is 11.3 Å². The van der Waals surface area contributed by atoms with E-state index in [1.807, 2.05) is 12.3 Å². The van der Waals surface area contributed by atoms with E-state index in [1.54, 1.807) is 24.7 Å². The van der Waals surface area contributed by atoms with Crippen LogP contribution < -0.4 is 5.32 Å². The number of thiazole rings is 1. The first kappa shape index (κ1) is 12.2. The van der Waals surface area contributed by atoms with Gasteiger partial charge in [0.15, 0.2) is 0 Å². The van der Waals surface area contributed by atoms with Crippen LogP contribution in [0.4, 0.5) is 0 Å². The van der Waals surface area contributed by atoms with Gasteiger partial charge in [-0.1, -0.05) is 0 Å². The molecule has 1 N–H and O–H groups in total. The van der Waals surface area contributed by atoms with Gasteiger partial charge in [-0.15, -0.1) is 11.3 Å². The third kappa shape index (κ3) is 3.36. The summed E-state index contributed by atoms with van der Waals surface area (Å²) < 4.78 is 10.3. The molecule has 0 aliphatic heterocycles. The number of aromatic nitrogens is 2. The predicted octanol–water partition coefficient (Wildman–Crippen LogP) is 1.84. The Morgan fingerprint density at radius 1 is 1.47 bits per heavy atom. The molecule has 6 heteroatoms. The van der Waals surface area contributed by atoms with Gasteiger partial charge in [-0.05, 0) is 6.92 Å². The Hall–Kier alpha value is -1.24. The Labute approximate surface area is 104 Å². The van der Waals surface area contributed by atoms with Crippen LogP contribution in [0.15, 0.2) is 16.1 Å². The summed E-state index contributed by atoms with van der Waals surface area (Å²) in [7, 11) is 1.68. The normalized spacial score (nSPS) is 10.9. The fraction of sp³-hybridized carbons (Fsp3) is 0.455. The van der Waals surface area contributed by atoms with E-state index in [9.17, 15) is 0 Å². The summed E-state index contributed by atoms with van der Waals surface area (Å²) in [6.07, 6.45) is 1.66. The molecule has 2 rings (SSSR count). The van der Waals surface area contributed by atoms with Gasteiger partial charge in [-0.2, -0.15) is 0 Å². The molecule has 0 atom stereocenters. The predicted molar refractivity (Wildman–Crippen MR) is 65.9 cm³/mol. The zero-order valence-electron chi connectivity index (χ0n) is 9.90. The quantitative estimate of drug-likeness (QED) is 0.796. The molecule has 5 nitrogen and oxygen atoms in total. The molecule has 0 aliphatic rings. The molecule has 0 aliphatic carbocycles. The molecule has 0 fully saturated rings. The van der Waals surface area contributed by atoms with E-state index in [0.29, 0.717) is 19.0 Å². The maximum atomic E-state index is 5.38. The highest BCUT2D eigenvalue weighted by atomic mass is 32.1. The molecular formula is C11H15N3O2S. The largest absolute Gasteiger partial charge is 0.443 e. The van der Waals surface area contributed by atoms with Gasteiger partial charge in [-0.25, -0.2) is 9.97 Å². The van der Waals surface area contributed by atoms with Gasteiger partial charge in [0.1, 0.15) is 12.0 Å². The van der Waals surface area contributed by atoms with E-state index < -0.39 is 0 Å². The first-order valence-corrected chi connectivity index (χ1v) is 6.24. The lowest BCUT2D eigenvalue weighted by atomic mass is 10.4. The minimum absolute atomic E-state index is 0.581. The summed E-state index contributed by atoms with van der Waals surface area (Å²) in [6, 6.07) is 0. The average molecular weight is 253 g/mol. The number of rotatable bonds is 6. The zero-order chi connectivity index (χ0) is 12.1. The fourth-order valence-corrected chi connectivity index (χ4v) is 1.94. The third-order valence-electron chi connectivity index (χ3n) is 2.18. The highest BCUT2D eigenvalue weighted by Crippen LogP contribution is 2.20. The molecule has 0 aromatic carbocycles. The van der Waals surface area contributed by atoms with Crippen molar-refractivity contribution in [3.63, 3.8) is 0 Å². The van der Waals surface area contributed by atoms with Crippen molar-refractivity contribution in [1.29, 1.82) is 0 Å². The van der Waals surface area contributed by atoms with E-state index in [1.165, 1.54) is 0 Å². The van der Waals surface area contributed by atoms with Crippen molar-refractivity contribution in [1.82, 2.24) is 15.3 Å². The van der Waals surface area contributed by atoms with E-state index in [4.69, 9.17) is 9.15 Å². The van der Waals surface area contributed by atoms with Gasteiger partial charge in [0.05, 0.1) is 17.3 Å². The molecule has 2 heterocycles. The molecule has 0 saturated heterocycles. The molecule has 0 spiro atoms. The Balaban J connectivity index is 1.92. The summed E-state index contributed by atoms with van der Waals surface area (Å²) in [5, 5.41) is 6.17. The van der Waals surface area contributed by atoms with Gasteiger partial charge in [0.2, 0.25) is 5.89 Å². The number of nitrogens with one attached hydrogen (secondary N) is 1. The topological polar surface area (TPSA) is 60.2 Å². The van der Waals surface area contributed by atoms with Crippen LogP contribution in [0.1, 0.15) is 10.7 Å². The number of hydrogen-bond donors (Lipinski definition) is 1. The van der Waals surface area contributed by atoms with Gasteiger partial charge < -0.3 is 14.5 Å². The summed E-state index contributed by atoms with van der Waals surface area (Å²) >= 11 is 1.59. The summed E-state index contributed by atoms with van der Waals surface area (Å²) in [6.45, 7) is 4.13. The molecule has 0 unspecified atom stereocenters. The van der Waals surface area contributed by atoms with Crippen LogP contribution in [-0.4, -0.2) is 30.2 Å². The zero-order valence-corrected chi connectivity index (χ0v) is 10.7. The highest BCUT2D eigenvalue weighted by Gasteiger charge is 2.09. The lowest BCUT2D eigenvalue weighted by Crippen LogP contribution is -2.18. The summed E-state index contributed by atoms with van der Waals surface area (Å²) in [4.78, 5) is 8.69. The smallest absolute Gasteiger partial charge is 0.246 e. The molecule has 0 saturated carbocycles. The van der Waals surface area contributed by atoms with Crippen molar-refractivity contribution in [3.05, 3.63) is 22.3 Å². The van der Waals surface area contributed by atoms with Crippen LogP contribution in [-0.2, 0) is 11.3 Å². The minimum Gasteiger partial charge on any atom is -0.443 e. The van der Waals surface area contributed by atoms with Crippen molar-refractivity contribution in [2.45, 2.75) is 13.5 Å². The second-order valence-electron chi connectivity index (χ2n) is 3.57. The highest BCUT2D eigenvalue weighted by molar-refractivity contribution is 7.09. The van der Waals surface area contributed by atoms with Gasteiger partial charge in [0, 0.05) is 25.6 Å². The molecule has 92 valence electrons. The number of oxazole rings is 1. The standard InChI is InChI=1S/C11H15N3O2S/c1-8-13-10(7-17-8)11-14-9(6-16-11)5-12-3-4-15-2/h6-7,12H,3-5H2,1-2H3. The number of ether oxygens (including phenoxy) is 1. The van der Waals surface area contributed by atoms with E-state index in [0.717, 1.165) is 22.9 Å². The molecule has 2 aromatic rings. The number of nitrogens with zero attached hydrogens (tertiary/aromatic N) is 2. The molecule has 0 bridgehead atoms. The first-order chi connectivity index (χ1) is 8.29. The van der Waals surface area contributed by atoms with Crippen molar-refractivity contribution < 1.29 is 9.15 Å². The van der Waals surface area contributed by atoms with Crippen LogP contribution in [0.2, 0.25) is 0 Å². The van der Waals surface area contributed by atoms with Crippen LogP contribution in [0.5, 0.6) is 0 Å². The van der Waals surface area contributed by atoms with Gasteiger partial charge in [0.25, 0.3) is 0 Å². The van der Waals surface area contributed by atoms with E-state index in [-0.39, 0.29) is 0 Å². The number of hydrogen-bond acceptors (Lipinski definition) is 6. The first-order valence-electron chi connectivity index (χ1n) is 5.36. The van der Waals surface area contributed by atoms with Crippen LogP contribution in [0.3, 0.4) is 0 Å². The lowest BCUT2D eigenvalue weighted by Gasteiger charge is -1.99. The second-order valence-corrected chi connectivity index (χ2v) is 4.63. The van der Waals surface area contributed by atoms with Gasteiger partial charge >= 0.3 is 0 Å². The molecule has 17 heavy (non-hydrogen) atoms. The molecular weight excluding hydrogens is 238 g/mol. The monoisotopic (exact) mass is 253 g/mol. The fourth-order valence-electron chi connectivity index (χ4n) is 1.36. The van der Waals surface area contributed by atoms with Crippen molar-refractivity contribution in [2.24, 2.45) is 0 Å². The third-order valence-corrected chi connectivity index (χ3v) is 2.95. The Kier molecular flexibility index (Phi) is 4.24. The Bertz CT molecular complexity index is 467. The average Bonchev–Trinajstić information content (AvgIpc) is 2.93. The number of aryl methyl sites for hydroxylation is 1. The van der Waals surface area contributed by atoms with Crippen LogP contribution in [0, 0.1) is 6.92 Å². The van der Waals surface area contributed by atoms with E-state index in [2.05, 4.69) is 15.3 Å². The van der Waals surface area contributed by atoms with Crippen LogP contribution in [0.25, 0.3) is 11.6 Å². The van der Waals surface area contributed by atoms with Crippen molar-refractivity contribution >= 4 is 11.3 Å². The minimum atomic E-state index is 0.581. The molecule has 0 amide bonds. The lowest BCUT2D eigenvalue weighted by molar-refractivity contribution is 0.199. The van der Waals surface area contributed by atoms with Gasteiger partial charge in [-0.3, -0.25) is 0 Å².